The van der Waals surface area contributed by atoms with Gasteiger partial charge >= 0.3 is 5.97 Å². The van der Waals surface area contributed by atoms with Crippen molar-refractivity contribution in [1.29, 1.82) is 0 Å². The van der Waals surface area contributed by atoms with Crippen molar-refractivity contribution in [3.8, 4) is 11.3 Å². The van der Waals surface area contributed by atoms with Crippen molar-refractivity contribution in [2.45, 2.75) is 31.7 Å². The number of amides is 1. The fourth-order valence-electron chi connectivity index (χ4n) is 2.56. The molecule has 0 fully saturated rings. The summed E-state index contributed by atoms with van der Waals surface area (Å²) in [6.07, 6.45) is 1.09. The van der Waals surface area contributed by atoms with Crippen LogP contribution in [0.15, 0.2) is 46.8 Å². The lowest BCUT2D eigenvalue weighted by molar-refractivity contribution is -0.142. The molecule has 0 spiro atoms. The molecule has 7 nitrogen and oxygen atoms in total. The summed E-state index contributed by atoms with van der Waals surface area (Å²) < 4.78 is 4.89. The molecule has 1 amide bonds. The number of nitrogens with one attached hydrogen (secondary N) is 1. The van der Waals surface area contributed by atoms with Crippen molar-refractivity contribution in [3.05, 3.63) is 53.0 Å². The first-order valence-electron chi connectivity index (χ1n) is 9.53. The summed E-state index contributed by atoms with van der Waals surface area (Å²) in [6, 6.07) is 12.0. The van der Waals surface area contributed by atoms with Crippen LogP contribution in [0.3, 0.4) is 0 Å². The third-order valence-electron chi connectivity index (χ3n) is 4.08. The molecule has 3 rings (SSSR count). The molecule has 0 aliphatic rings. The number of hydrogen-bond donors (Lipinski definition) is 1. The molecule has 2 heterocycles. The van der Waals surface area contributed by atoms with Crippen LogP contribution in [0.4, 0.5) is 5.13 Å². The van der Waals surface area contributed by atoms with Gasteiger partial charge in [0, 0.05) is 10.9 Å². The van der Waals surface area contributed by atoms with Crippen molar-refractivity contribution in [1.82, 2.24) is 15.2 Å². The molecule has 2 aromatic heterocycles. The highest BCUT2D eigenvalue weighted by Gasteiger charge is 2.11. The first kappa shape index (κ1) is 21.9. The maximum atomic E-state index is 12.2. The molecule has 3 aromatic rings. The summed E-state index contributed by atoms with van der Waals surface area (Å²) in [5.74, 6) is -0.343. The Labute approximate surface area is 183 Å². The number of esters is 1. The highest BCUT2D eigenvalue weighted by atomic mass is 32.2. The van der Waals surface area contributed by atoms with Crippen molar-refractivity contribution >= 4 is 40.1 Å². The van der Waals surface area contributed by atoms with Gasteiger partial charge in [0.2, 0.25) is 5.91 Å². The summed E-state index contributed by atoms with van der Waals surface area (Å²) in [6.45, 7) is 4.20. The van der Waals surface area contributed by atoms with Gasteiger partial charge in [0.15, 0.2) is 5.13 Å². The molecule has 1 N–H and O–H groups in total. The fraction of sp³-hybridized carbons (Fsp3) is 0.286. The number of carbonyl (C=O) groups is 2. The predicted octanol–water partition coefficient (Wildman–Crippen LogP) is 4.00. The van der Waals surface area contributed by atoms with E-state index in [1.165, 1.54) is 28.7 Å². The number of thioether (sulfide) groups is 1. The molecular formula is C21H22N4O3S2. The molecule has 156 valence electrons. The quantitative estimate of drug-likeness (QED) is 0.395. The average molecular weight is 443 g/mol. The molecular weight excluding hydrogens is 420 g/mol. The summed E-state index contributed by atoms with van der Waals surface area (Å²) in [4.78, 5) is 27.9. The number of aromatic nitrogens is 3. The zero-order chi connectivity index (χ0) is 21.3. The van der Waals surface area contributed by atoms with Crippen LogP contribution in [0.5, 0.6) is 0 Å². The van der Waals surface area contributed by atoms with E-state index in [2.05, 4.69) is 39.6 Å². The van der Waals surface area contributed by atoms with Gasteiger partial charge in [-0.05, 0) is 31.0 Å². The second-order valence-corrected chi connectivity index (χ2v) is 8.12. The maximum Gasteiger partial charge on any atom is 0.311 e. The number of nitrogens with zero attached hydrogens (tertiary/aromatic N) is 3. The van der Waals surface area contributed by atoms with Crippen LogP contribution in [-0.2, 0) is 27.2 Å². The highest BCUT2D eigenvalue weighted by Crippen LogP contribution is 2.21. The Morgan fingerprint density at radius 3 is 2.57 bits per heavy atom. The summed E-state index contributed by atoms with van der Waals surface area (Å²) in [5.41, 5.74) is 3.66. The van der Waals surface area contributed by atoms with E-state index in [1.807, 2.05) is 24.3 Å². The van der Waals surface area contributed by atoms with Crippen molar-refractivity contribution in [2.75, 3.05) is 17.7 Å². The van der Waals surface area contributed by atoms with Gasteiger partial charge < -0.3 is 10.1 Å². The summed E-state index contributed by atoms with van der Waals surface area (Å²) in [7, 11) is 0. The second-order valence-electron chi connectivity index (χ2n) is 6.27. The third kappa shape index (κ3) is 6.36. The lowest BCUT2D eigenvalue weighted by atomic mass is 10.1. The van der Waals surface area contributed by atoms with Gasteiger partial charge in [0.25, 0.3) is 0 Å². The molecule has 1 aromatic carbocycles. The molecule has 9 heteroatoms. The number of carbonyl (C=O) groups excluding carboxylic acids is 2. The largest absolute Gasteiger partial charge is 0.466 e. The molecule has 0 radical (unpaired) electrons. The van der Waals surface area contributed by atoms with Gasteiger partial charge in [0.1, 0.15) is 5.03 Å². The number of rotatable bonds is 9. The number of hydrogen-bond acceptors (Lipinski definition) is 8. The van der Waals surface area contributed by atoms with Crippen LogP contribution < -0.4 is 5.32 Å². The van der Waals surface area contributed by atoms with Crippen LogP contribution in [0.25, 0.3) is 11.3 Å². The number of benzene rings is 1. The lowest BCUT2D eigenvalue weighted by Gasteiger charge is -2.04. The van der Waals surface area contributed by atoms with Crippen molar-refractivity contribution in [3.63, 3.8) is 0 Å². The number of aryl methyl sites for hydroxylation is 1. The van der Waals surface area contributed by atoms with E-state index >= 15 is 0 Å². The molecule has 0 unspecified atom stereocenters. The van der Waals surface area contributed by atoms with Gasteiger partial charge in [-0.25, -0.2) is 4.98 Å². The van der Waals surface area contributed by atoms with E-state index in [-0.39, 0.29) is 24.1 Å². The SMILES string of the molecule is CCOC(=O)Cc1csc(NC(=O)CSc2ccc(-c3ccc(CC)cc3)nn2)n1. The zero-order valence-electron chi connectivity index (χ0n) is 16.8. The minimum absolute atomic E-state index is 0.0953. The van der Waals surface area contributed by atoms with Crippen LogP contribution in [0.2, 0.25) is 0 Å². The molecule has 0 atom stereocenters. The Morgan fingerprint density at radius 1 is 1.10 bits per heavy atom. The third-order valence-corrected chi connectivity index (χ3v) is 5.80. The molecule has 0 saturated heterocycles. The number of ether oxygens (including phenoxy) is 1. The minimum atomic E-state index is -0.334. The number of anilines is 1. The predicted molar refractivity (Wildman–Crippen MR) is 119 cm³/mol. The summed E-state index contributed by atoms with van der Waals surface area (Å²) >= 11 is 2.57. The van der Waals surface area contributed by atoms with Crippen LogP contribution in [-0.4, -0.2) is 39.4 Å². The van der Waals surface area contributed by atoms with Gasteiger partial charge in [0.05, 0.1) is 30.2 Å². The first-order valence-corrected chi connectivity index (χ1v) is 11.4. The minimum Gasteiger partial charge on any atom is -0.466 e. The Hall–Kier alpha value is -2.78. The first-order chi connectivity index (χ1) is 14.6. The van der Waals surface area contributed by atoms with Crippen molar-refractivity contribution < 1.29 is 14.3 Å². The zero-order valence-corrected chi connectivity index (χ0v) is 18.4. The van der Waals surface area contributed by atoms with Crippen LogP contribution in [0, 0.1) is 0 Å². The monoisotopic (exact) mass is 442 g/mol. The second kappa shape index (κ2) is 10.8. The lowest BCUT2D eigenvalue weighted by Crippen LogP contribution is -2.14. The van der Waals surface area contributed by atoms with Gasteiger partial charge in [-0.2, -0.15) is 0 Å². The molecule has 0 aliphatic heterocycles. The Kier molecular flexibility index (Phi) is 7.92. The maximum absolute atomic E-state index is 12.2. The van der Waals surface area contributed by atoms with E-state index in [4.69, 9.17) is 4.74 Å². The normalized spacial score (nSPS) is 10.6. The topological polar surface area (TPSA) is 94.1 Å². The Morgan fingerprint density at radius 2 is 1.90 bits per heavy atom. The fourth-order valence-corrected chi connectivity index (χ4v) is 3.90. The molecule has 0 bridgehead atoms. The smallest absolute Gasteiger partial charge is 0.311 e. The Bertz CT molecular complexity index is 988. The van der Waals surface area contributed by atoms with E-state index in [1.54, 1.807) is 12.3 Å². The average Bonchev–Trinajstić information content (AvgIpc) is 3.19. The number of thiazole rings is 1. The van der Waals surface area contributed by atoms with Gasteiger partial charge in [-0.15, -0.1) is 21.5 Å². The van der Waals surface area contributed by atoms with Crippen LogP contribution in [0.1, 0.15) is 25.1 Å². The highest BCUT2D eigenvalue weighted by molar-refractivity contribution is 7.99. The summed E-state index contributed by atoms with van der Waals surface area (Å²) in [5, 5.41) is 14.0. The molecule has 0 aliphatic carbocycles. The molecule has 30 heavy (non-hydrogen) atoms. The van der Waals surface area contributed by atoms with Crippen LogP contribution >= 0.6 is 23.1 Å². The van der Waals surface area contributed by atoms with E-state index in [9.17, 15) is 9.59 Å². The van der Waals surface area contributed by atoms with E-state index < -0.39 is 0 Å². The van der Waals surface area contributed by atoms with Crippen molar-refractivity contribution in [2.24, 2.45) is 0 Å². The standard InChI is InChI=1S/C21H22N4O3S2/c1-3-14-5-7-15(8-6-14)17-9-10-19(25-24-17)29-13-18(26)23-21-22-16(12-30-21)11-20(27)28-4-2/h5-10,12H,3-4,11,13H2,1-2H3,(H,22,23,26). The molecule has 0 saturated carbocycles. The Balaban J connectivity index is 1.48. The van der Waals surface area contributed by atoms with E-state index in [0.717, 1.165) is 17.7 Å². The van der Waals surface area contributed by atoms with Gasteiger partial charge in [-0.3, -0.25) is 9.59 Å². The van der Waals surface area contributed by atoms with E-state index in [0.29, 0.717) is 22.5 Å². The van der Waals surface area contributed by atoms with Gasteiger partial charge in [-0.1, -0.05) is 43.0 Å².